The summed E-state index contributed by atoms with van der Waals surface area (Å²) in [6.07, 6.45) is 7.93. The van der Waals surface area contributed by atoms with Gasteiger partial charge in [0, 0.05) is 44.0 Å². The molecular formula is C23H25N7O. The summed E-state index contributed by atoms with van der Waals surface area (Å²) in [6, 6.07) is 8.23. The lowest BCUT2D eigenvalue weighted by Crippen LogP contribution is -2.27. The Bertz CT molecular complexity index is 1270. The number of anilines is 1. The van der Waals surface area contributed by atoms with Crippen LogP contribution in [-0.2, 0) is 13.5 Å². The van der Waals surface area contributed by atoms with Crippen molar-refractivity contribution in [3.8, 4) is 11.3 Å². The number of hydrogen-bond donors (Lipinski definition) is 0. The van der Waals surface area contributed by atoms with Crippen molar-refractivity contribution in [3.63, 3.8) is 0 Å². The Labute approximate surface area is 180 Å². The van der Waals surface area contributed by atoms with Gasteiger partial charge in [-0.05, 0) is 62.1 Å². The van der Waals surface area contributed by atoms with Crippen molar-refractivity contribution in [1.29, 1.82) is 0 Å². The second-order valence-corrected chi connectivity index (χ2v) is 8.28. The third kappa shape index (κ3) is 3.58. The number of carbonyl (C=O) groups excluding carboxylic acids is 1. The number of rotatable bonds is 5. The summed E-state index contributed by atoms with van der Waals surface area (Å²) < 4.78 is 3.41. The zero-order valence-corrected chi connectivity index (χ0v) is 18.0. The number of fused-ring (bicyclic) bond motifs is 1. The van der Waals surface area contributed by atoms with E-state index in [1.807, 2.05) is 37.4 Å². The summed E-state index contributed by atoms with van der Waals surface area (Å²) in [6.45, 7) is 5.20. The molecule has 0 saturated carbocycles. The maximum atomic E-state index is 13.2. The zero-order valence-electron chi connectivity index (χ0n) is 18.0. The second-order valence-electron chi connectivity index (χ2n) is 8.28. The van der Waals surface area contributed by atoms with Crippen LogP contribution in [0.5, 0.6) is 0 Å². The average Bonchev–Trinajstić information content (AvgIpc) is 3.45. The molecule has 8 nitrogen and oxygen atoms in total. The van der Waals surface area contributed by atoms with Gasteiger partial charge in [0.05, 0.1) is 11.9 Å². The van der Waals surface area contributed by atoms with Crippen LogP contribution in [0.3, 0.4) is 0 Å². The van der Waals surface area contributed by atoms with E-state index < -0.39 is 0 Å². The highest BCUT2D eigenvalue weighted by Crippen LogP contribution is 2.25. The largest absolute Gasteiger partial charge is 0.337 e. The Balaban J connectivity index is 1.43. The number of Topliss-reactive ketones (excluding diaryl/α,β-unsaturated/α-hetero) is 1. The third-order valence-electron chi connectivity index (χ3n) is 5.96. The molecule has 0 aliphatic carbocycles. The van der Waals surface area contributed by atoms with E-state index in [1.54, 1.807) is 28.6 Å². The van der Waals surface area contributed by atoms with Gasteiger partial charge < -0.3 is 4.90 Å². The van der Waals surface area contributed by atoms with Crippen molar-refractivity contribution in [3.05, 3.63) is 59.7 Å². The van der Waals surface area contributed by atoms with Crippen molar-refractivity contribution >= 4 is 17.4 Å². The minimum absolute atomic E-state index is 0.00411. The molecule has 0 bridgehead atoms. The predicted octanol–water partition coefficient (Wildman–Crippen LogP) is 3.25. The average molecular weight is 416 g/mol. The van der Waals surface area contributed by atoms with E-state index in [-0.39, 0.29) is 12.2 Å². The molecule has 0 aromatic carbocycles. The number of pyridine rings is 2. The van der Waals surface area contributed by atoms with Crippen LogP contribution in [0.15, 0.2) is 42.9 Å². The molecule has 0 radical (unpaired) electrons. The van der Waals surface area contributed by atoms with E-state index in [2.05, 4.69) is 27.0 Å². The Hall–Kier alpha value is -3.55. The summed E-state index contributed by atoms with van der Waals surface area (Å²) in [4.78, 5) is 24.6. The SMILES string of the molecule is Cc1ccnc(-c2cnn(C)c2C(=O)Cc2ccn3nc(N4CCC[C@@H]4C)nc3c2)c1. The quantitative estimate of drug-likeness (QED) is 0.466. The van der Waals surface area contributed by atoms with Gasteiger partial charge in [-0.2, -0.15) is 10.1 Å². The topological polar surface area (TPSA) is 81.2 Å². The van der Waals surface area contributed by atoms with Crippen LogP contribution in [0.2, 0.25) is 0 Å². The first-order valence-electron chi connectivity index (χ1n) is 10.6. The molecule has 0 amide bonds. The highest BCUT2D eigenvalue weighted by atomic mass is 16.1. The number of hydrogen-bond acceptors (Lipinski definition) is 6. The Morgan fingerprint density at radius 2 is 2.13 bits per heavy atom. The molecule has 0 spiro atoms. The molecule has 4 aromatic heterocycles. The standard InChI is InChI=1S/C23H25N7O/c1-15-6-8-24-19(11-15)18-14-25-28(3)22(18)20(31)12-17-7-10-30-21(13-17)26-23(27-30)29-9-4-5-16(29)2/h6-8,10-11,13-14,16H,4-5,9,12H2,1-3H3/t16-/m0/s1. The lowest BCUT2D eigenvalue weighted by Gasteiger charge is -2.18. The predicted molar refractivity (Wildman–Crippen MR) is 118 cm³/mol. The lowest BCUT2D eigenvalue weighted by molar-refractivity contribution is 0.0984. The van der Waals surface area contributed by atoms with E-state index in [1.165, 1.54) is 6.42 Å². The lowest BCUT2D eigenvalue weighted by atomic mass is 10.0. The summed E-state index contributed by atoms with van der Waals surface area (Å²) >= 11 is 0. The minimum Gasteiger partial charge on any atom is -0.337 e. The van der Waals surface area contributed by atoms with Gasteiger partial charge in [0.2, 0.25) is 5.95 Å². The smallest absolute Gasteiger partial charge is 0.245 e. The fourth-order valence-corrected chi connectivity index (χ4v) is 4.28. The number of aryl methyl sites for hydroxylation is 2. The molecule has 1 saturated heterocycles. The molecule has 1 aliphatic heterocycles. The number of ketones is 1. The summed E-state index contributed by atoms with van der Waals surface area (Å²) in [7, 11) is 1.79. The fraction of sp³-hybridized carbons (Fsp3) is 0.348. The summed E-state index contributed by atoms with van der Waals surface area (Å²) in [5.74, 6) is 0.753. The van der Waals surface area contributed by atoms with Gasteiger partial charge in [-0.15, -0.1) is 5.10 Å². The molecular weight excluding hydrogens is 390 g/mol. The van der Waals surface area contributed by atoms with Crippen molar-refractivity contribution in [2.45, 2.75) is 39.2 Å². The zero-order chi connectivity index (χ0) is 21.5. The fourth-order valence-electron chi connectivity index (χ4n) is 4.28. The molecule has 158 valence electrons. The molecule has 8 heteroatoms. The Morgan fingerprint density at radius 1 is 1.26 bits per heavy atom. The summed E-state index contributed by atoms with van der Waals surface area (Å²) in [5, 5.41) is 8.93. The molecule has 0 N–H and O–H groups in total. The van der Waals surface area contributed by atoms with E-state index >= 15 is 0 Å². The highest BCUT2D eigenvalue weighted by Gasteiger charge is 2.24. The first-order chi connectivity index (χ1) is 15.0. The Kier molecular flexibility index (Phi) is 4.77. The molecule has 1 atom stereocenters. The van der Waals surface area contributed by atoms with Gasteiger partial charge >= 0.3 is 0 Å². The van der Waals surface area contributed by atoms with Crippen LogP contribution < -0.4 is 4.90 Å². The molecule has 5 rings (SSSR count). The maximum absolute atomic E-state index is 13.2. The van der Waals surface area contributed by atoms with Crippen molar-refractivity contribution in [1.82, 2.24) is 29.4 Å². The van der Waals surface area contributed by atoms with Crippen LogP contribution in [0.1, 0.15) is 41.4 Å². The monoisotopic (exact) mass is 415 g/mol. The van der Waals surface area contributed by atoms with E-state index in [4.69, 9.17) is 4.98 Å². The third-order valence-corrected chi connectivity index (χ3v) is 5.96. The van der Waals surface area contributed by atoms with Gasteiger partial charge in [0.1, 0.15) is 5.69 Å². The molecule has 5 heterocycles. The van der Waals surface area contributed by atoms with Gasteiger partial charge in [-0.1, -0.05) is 0 Å². The van der Waals surface area contributed by atoms with E-state index in [0.717, 1.165) is 46.9 Å². The van der Waals surface area contributed by atoms with Gasteiger partial charge in [0.25, 0.3) is 0 Å². The molecule has 1 aliphatic rings. The number of nitrogens with zero attached hydrogens (tertiary/aromatic N) is 7. The first kappa shape index (κ1) is 19.4. The normalized spacial score (nSPS) is 16.4. The molecule has 0 unspecified atom stereocenters. The second kappa shape index (κ2) is 7.61. The van der Waals surface area contributed by atoms with E-state index in [9.17, 15) is 4.79 Å². The van der Waals surface area contributed by atoms with E-state index in [0.29, 0.717) is 11.7 Å². The van der Waals surface area contributed by atoms with Crippen molar-refractivity contribution in [2.75, 3.05) is 11.4 Å². The van der Waals surface area contributed by atoms with Crippen LogP contribution in [0.4, 0.5) is 5.95 Å². The van der Waals surface area contributed by atoms with Gasteiger partial charge in [0.15, 0.2) is 11.4 Å². The van der Waals surface area contributed by atoms with Crippen LogP contribution in [0.25, 0.3) is 16.9 Å². The van der Waals surface area contributed by atoms with Crippen LogP contribution >= 0.6 is 0 Å². The van der Waals surface area contributed by atoms with Gasteiger partial charge in [-0.25, -0.2) is 4.52 Å². The Morgan fingerprint density at radius 3 is 2.90 bits per heavy atom. The van der Waals surface area contributed by atoms with Crippen LogP contribution in [-0.4, -0.2) is 47.7 Å². The molecule has 1 fully saturated rings. The number of aromatic nitrogens is 6. The summed E-state index contributed by atoms with van der Waals surface area (Å²) in [5.41, 5.74) is 4.82. The van der Waals surface area contributed by atoms with Crippen molar-refractivity contribution < 1.29 is 4.79 Å². The molecule has 4 aromatic rings. The van der Waals surface area contributed by atoms with Crippen molar-refractivity contribution in [2.24, 2.45) is 7.05 Å². The minimum atomic E-state index is -0.00411. The maximum Gasteiger partial charge on any atom is 0.245 e. The van der Waals surface area contributed by atoms with Crippen LogP contribution in [0, 0.1) is 6.92 Å². The van der Waals surface area contributed by atoms with Gasteiger partial charge in [-0.3, -0.25) is 14.5 Å². The molecule has 31 heavy (non-hydrogen) atoms. The first-order valence-corrected chi connectivity index (χ1v) is 10.6. The number of carbonyl (C=O) groups is 1. The highest BCUT2D eigenvalue weighted by molar-refractivity contribution is 6.01.